The molecule has 4 nitrogen and oxygen atoms in total. The van der Waals surface area contributed by atoms with Crippen LogP contribution in [0, 0.1) is 5.92 Å². The normalized spacial score (nSPS) is 23.3. The quantitative estimate of drug-likeness (QED) is 0.742. The van der Waals surface area contributed by atoms with Crippen LogP contribution in [0.2, 0.25) is 0 Å². The van der Waals surface area contributed by atoms with Gasteiger partial charge in [0.25, 0.3) is 0 Å². The first-order chi connectivity index (χ1) is 9.08. The second kappa shape index (κ2) is 6.37. The van der Waals surface area contributed by atoms with Gasteiger partial charge in [-0.2, -0.15) is 0 Å². The number of hydrogen-bond acceptors (Lipinski definition) is 4. The predicted octanol–water partition coefficient (Wildman–Crippen LogP) is 0.974. The summed E-state index contributed by atoms with van der Waals surface area (Å²) in [5.41, 5.74) is 2.32. The molecule has 1 fully saturated rings. The average Bonchev–Trinajstić information content (AvgIpc) is 2.70. The zero-order valence-electron chi connectivity index (χ0n) is 11.7. The van der Waals surface area contributed by atoms with Crippen molar-refractivity contribution in [2.24, 2.45) is 5.92 Å². The summed E-state index contributed by atoms with van der Waals surface area (Å²) < 4.78 is 0. The van der Waals surface area contributed by atoms with E-state index in [4.69, 9.17) is 0 Å². The van der Waals surface area contributed by atoms with Gasteiger partial charge in [-0.3, -0.25) is 0 Å². The molecule has 2 unspecified atom stereocenters. The minimum Gasteiger partial charge on any atom is -0.389 e. The minimum absolute atomic E-state index is 0.502. The highest BCUT2D eigenvalue weighted by Crippen LogP contribution is 2.24. The Morgan fingerprint density at radius 1 is 1.21 bits per heavy atom. The van der Waals surface area contributed by atoms with Gasteiger partial charge in [-0.25, -0.2) is 0 Å². The summed E-state index contributed by atoms with van der Waals surface area (Å²) in [6.07, 6.45) is -1.28. The SMILES string of the molecule is CC(C)CNCc1ccccc1N1CC(O)C(O)C1. The first-order valence-electron chi connectivity index (χ1n) is 6.97. The molecule has 2 atom stereocenters. The van der Waals surface area contributed by atoms with Crippen molar-refractivity contribution in [1.82, 2.24) is 5.32 Å². The lowest BCUT2D eigenvalue weighted by atomic mass is 10.1. The molecular formula is C15H24N2O2. The molecule has 19 heavy (non-hydrogen) atoms. The first-order valence-corrected chi connectivity index (χ1v) is 6.97. The van der Waals surface area contributed by atoms with E-state index < -0.39 is 12.2 Å². The van der Waals surface area contributed by atoms with E-state index >= 15 is 0 Å². The Balaban J connectivity index is 2.04. The number of nitrogens with zero attached hydrogens (tertiary/aromatic N) is 1. The third-order valence-electron chi connectivity index (χ3n) is 3.46. The summed E-state index contributed by atoms with van der Waals surface area (Å²) in [5.74, 6) is 0.627. The number of benzene rings is 1. The van der Waals surface area contributed by atoms with Gasteiger partial charge in [-0.05, 0) is 24.1 Å². The van der Waals surface area contributed by atoms with Crippen molar-refractivity contribution < 1.29 is 10.2 Å². The Hall–Kier alpha value is -1.10. The van der Waals surface area contributed by atoms with Crippen molar-refractivity contribution in [1.29, 1.82) is 0 Å². The molecule has 106 valence electrons. The average molecular weight is 264 g/mol. The topological polar surface area (TPSA) is 55.7 Å². The molecule has 1 aromatic carbocycles. The molecule has 0 bridgehead atoms. The fraction of sp³-hybridized carbons (Fsp3) is 0.600. The van der Waals surface area contributed by atoms with E-state index in [0.717, 1.165) is 18.8 Å². The van der Waals surface area contributed by atoms with Crippen LogP contribution >= 0.6 is 0 Å². The van der Waals surface area contributed by atoms with Crippen LogP contribution in [0.3, 0.4) is 0 Å². The molecule has 1 saturated heterocycles. The van der Waals surface area contributed by atoms with Crippen LogP contribution in [0.5, 0.6) is 0 Å². The molecule has 0 aliphatic carbocycles. The van der Waals surface area contributed by atoms with E-state index in [1.165, 1.54) is 5.56 Å². The van der Waals surface area contributed by atoms with E-state index in [2.05, 4.69) is 36.2 Å². The molecule has 1 heterocycles. The van der Waals surface area contributed by atoms with E-state index in [1.807, 2.05) is 12.1 Å². The van der Waals surface area contributed by atoms with Gasteiger partial charge in [0.2, 0.25) is 0 Å². The fourth-order valence-electron chi connectivity index (χ4n) is 2.43. The van der Waals surface area contributed by atoms with Gasteiger partial charge in [0.15, 0.2) is 0 Å². The molecule has 2 rings (SSSR count). The molecular weight excluding hydrogens is 240 g/mol. The monoisotopic (exact) mass is 264 g/mol. The summed E-state index contributed by atoms with van der Waals surface area (Å²) in [6, 6.07) is 8.17. The highest BCUT2D eigenvalue weighted by atomic mass is 16.3. The first kappa shape index (κ1) is 14.3. The van der Waals surface area contributed by atoms with Gasteiger partial charge < -0.3 is 20.4 Å². The molecule has 4 heteroatoms. The molecule has 1 aromatic rings. The number of rotatable bonds is 5. The number of aliphatic hydroxyl groups excluding tert-OH is 2. The maximum atomic E-state index is 9.66. The fourth-order valence-corrected chi connectivity index (χ4v) is 2.43. The summed E-state index contributed by atoms with van der Waals surface area (Å²) >= 11 is 0. The lowest BCUT2D eigenvalue weighted by Gasteiger charge is -2.22. The lowest BCUT2D eigenvalue weighted by Crippen LogP contribution is -2.25. The van der Waals surface area contributed by atoms with Gasteiger partial charge in [0, 0.05) is 25.3 Å². The predicted molar refractivity (Wildman–Crippen MR) is 77.2 cm³/mol. The summed E-state index contributed by atoms with van der Waals surface area (Å²) in [4.78, 5) is 2.06. The van der Waals surface area contributed by atoms with Crippen LogP contribution in [0.1, 0.15) is 19.4 Å². The lowest BCUT2D eigenvalue weighted by molar-refractivity contribution is 0.0572. The van der Waals surface area contributed by atoms with Crippen molar-refractivity contribution in [3.63, 3.8) is 0 Å². The highest BCUT2D eigenvalue weighted by molar-refractivity contribution is 5.54. The Bertz CT molecular complexity index is 399. The van der Waals surface area contributed by atoms with Gasteiger partial charge in [-0.15, -0.1) is 0 Å². The number of nitrogens with one attached hydrogen (secondary N) is 1. The van der Waals surface area contributed by atoms with Gasteiger partial charge in [-0.1, -0.05) is 32.0 Å². The number of para-hydroxylation sites is 1. The molecule has 0 spiro atoms. The molecule has 0 amide bonds. The summed E-state index contributed by atoms with van der Waals surface area (Å²) in [6.45, 7) is 7.18. The molecule has 3 N–H and O–H groups in total. The summed E-state index contributed by atoms with van der Waals surface area (Å²) in [5, 5.41) is 22.8. The zero-order chi connectivity index (χ0) is 13.8. The van der Waals surface area contributed by atoms with Crippen molar-refractivity contribution in [2.45, 2.75) is 32.6 Å². The number of hydrogen-bond donors (Lipinski definition) is 3. The second-order valence-corrected chi connectivity index (χ2v) is 5.69. The number of aliphatic hydroxyl groups is 2. The van der Waals surface area contributed by atoms with E-state index in [0.29, 0.717) is 19.0 Å². The summed E-state index contributed by atoms with van der Waals surface area (Å²) in [7, 11) is 0. The standard InChI is InChI=1S/C15H24N2O2/c1-11(2)7-16-8-12-5-3-4-6-13(12)17-9-14(18)15(19)10-17/h3-6,11,14-16,18-19H,7-10H2,1-2H3. The van der Waals surface area contributed by atoms with Crippen LogP contribution < -0.4 is 10.2 Å². The smallest absolute Gasteiger partial charge is 0.0990 e. The van der Waals surface area contributed by atoms with Crippen molar-refractivity contribution in [2.75, 3.05) is 24.5 Å². The Labute approximate surface area is 115 Å². The van der Waals surface area contributed by atoms with Gasteiger partial charge in [0.05, 0.1) is 12.2 Å². The Morgan fingerprint density at radius 2 is 1.84 bits per heavy atom. The van der Waals surface area contributed by atoms with Crippen LogP contribution in [0.4, 0.5) is 5.69 Å². The van der Waals surface area contributed by atoms with Gasteiger partial charge in [0.1, 0.15) is 0 Å². The van der Waals surface area contributed by atoms with E-state index in [9.17, 15) is 10.2 Å². The molecule has 0 saturated carbocycles. The Morgan fingerprint density at radius 3 is 2.47 bits per heavy atom. The maximum Gasteiger partial charge on any atom is 0.0990 e. The maximum absolute atomic E-state index is 9.66. The van der Waals surface area contributed by atoms with Gasteiger partial charge >= 0.3 is 0 Å². The van der Waals surface area contributed by atoms with Crippen LogP contribution in [0.15, 0.2) is 24.3 Å². The minimum atomic E-state index is -0.642. The number of anilines is 1. The van der Waals surface area contributed by atoms with Crippen molar-refractivity contribution >= 4 is 5.69 Å². The second-order valence-electron chi connectivity index (χ2n) is 5.69. The van der Waals surface area contributed by atoms with Crippen LogP contribution in [-0.2, 0) is 6.54 Å². The molecule has 1 aliphatic rings. The molecule has 1 aliphatic heterocycles. The highest BCUT2D eigenvalue weighted by Gasteiger charge is 2.30. The van der Waals surface area contributed by atoms with Crippen LogP contribution in [-0.4, -0.2) is 42.1 Å². The van der Waals surface area contributed by atoms with Crippen LogP contribution in [0.25, 0.3) is 0 Å². The van der Waals surface area contributed by atoms with E-state index in [-0.39, 0.29) is 0 Å². The third kappa shape index (κ3) is 3.69. The molecule has 0 radical (unpaired) electrons. The zero-order valence-corrected chi connectivity index (χ0v) is 11.7. The van der Waals surface area contributed by atoms with Crippen molar-refractivity contribution in [3.8, 4) is 0 Å². The van der Waals surface area contributed by atoms with Crippen molar-refractivity contribution in [3.05, 3.63) is 29.8 Å². The molecule has 0 aromatic heterocycles. The van der Waals surface area contributed by atoms with E-state index in [1.54, 1.807) is 0 Å². The largest absolute Gasteiger partial charge is 0.389 e. The Kier molecular flexibility index (Phi) is 4.80. The number of β-amino-alcohol motifs (C(OH)–C–C–N with tert-alkyl or cyclic N) is 2. The third-order valence-corrected chi connectivity index (χ3v) is 3.46.